The molecule has 2 aromatic carbocycles. The highest BCUT2D eigenvalue weighted by molar-refractivity contribution is 5.61. The minimum Gasteiger partial charge on any atom is -0.508 e. The molecule has 0 saturated heterocycles. The summed E-state index contributed by atoms with van der Waals surface area (Å²) in [5.74, 6) is -0.956. The van der Waals surface area contributed by atoms with Gasteiger partial charge in [0.1, 0.15) is 17.4 Å². The molecular formula is C15H10F2N2O2. The quantitative estimate of drug-likeness (QED) is 0.781. The number of hydrogen-bond acceptors (Lipinski definition) is 4. The fourth-order valence-corrected chi connectivity index (χ4v) is 1.91. The molecule has 1 N–H and O–H groups in total. The van der Waals surface area contributed by atoms with Crippen molar-refractivity contribution in [3.63, 3.8) is 0 Å². The molecule has 4 nitrogen and oxygen atoms in total. The Hall–Kier alpha value is -2.76. The Morgan fingerprint density at radius 3 is 2.57 bits per heavy atom. The van der Waals surface area contributed by atoms with Gasteiger partial charge in [-0.25, -0.2) is 8.78 Å². The van der Waals surface area contributed by atoms with Gasteiger partial charge in [0.25, 0.3) is 5.89 Å². The molecule has 106 valence electrons. The van der Waals surface area contributed by atoms with Gasteiger partial charge in [-0.1, -0.05) is 5.16 Å². The summed E-state index contributed by atoms with van der Waals surface area (Å²) in [5.41, 5.74) is 1.11. The van der Waals surface area contributed by atoms with Crippen LogP contribution in [0, 0.1) is 18.6 Å². The second-order valence-electron chi connectivity index (χ2n) is 4.55. The van der Waals surface area contributed by atoms with E-state index < -0.39 is 5.82 Å². The molecule has 0 spiro atoms. The van der Waals surface area contributed by atoms with Crippen molar-refractivity contribution in [1.82, 2.24) is 10.1 Å². The summed E-state index contributed by atoms with van der Waals surface area (Å²) >= 11 is 0. The van der Waals surface area contributed by atoms with Crippen LogP contribution in [0.15, 0.2) is 40.9 Å². The summed E-state index contributed by atoms with van der Waals surface area (Å²) in [6.45, 7) is 1.62. The van der Waals surface area contributed by atoms with Crippen LogP contribution in [0.3, 0.4) is 0 Å². The van der Waals surface area contributed by atoms with E-state index in [1.54, 1.807) is 13.0 Å². The van der Waals surface area contributed by atoms with Crippen LogP contribution in [-0.4, -0.2) is 15.2 Å². The van der Waals surface area contributed by atoms with Gasteiger partial charge in [0.2, 0.25) is 5.82 Å². The van der Waals surface area contributed by atoms with Crippen LogP contribution in [-0.2, 0) is 0 Å². The number of halogens is 2. The number of hydrogen-bond donors (Lipinski definition) is 1. The van der Waals surface area contributed by atoms with Gasteiger partial charge in [-0.05, 0) is 42.8 Å². The zero-order valence-electron chi connectivity index (χ0n) is 11.0. The fourth-order valence-electron chi connectivity index (χ4n) is 1.91. The Kier molecular flexibility index (Phi) is 3.13. The van der Waals surface area contributed by atoms with Crippen molar-refractivity contribution in [2.75, 3.05) is 0 Å². The zero-order valence-corrected chi connectivity index (χ0v) is 11.0. The molecule has 3 rings (SSSR count). The molecule has 0 aliphatic carbocycles. The predicted octanol–water partition coefficient (Wildman–Crippen LogP) is 3.70. The van der Waals surface area contributed by atoms with Crippen molar-refractivity contribution < 1.29 is 18.4 Å². The number of aromatic nitrogens is 2. The summed E-state index contributed by atoms with van der Waals surface area (Å²) < 4.78 is 32.0. The second kappa shape index (κ2) is 4.97. The lowest BCUT2D eigenvalue weighted by Crippen LogP contribution is -1.87. The number of benzene rings is 2. The standard InChI is InChI=1S/C15H10F2N2O2/c1-8-6-9(2-5-12(8)16)14-18-15(21-19-14)11-4-3-10(20)7-13(11)17/h2-7,20H,1H3. The summed E-state index contributed by atoms with van der Waals surface area (Å²) in [5, 5.41) is 12.9. The molecule has 0 saturated carbocycles. The van der Waals surface area contributed by atoms with Crippen LogP contribution >= 0.6 is 0 Å². The maximum atomic E-state index is 13.7. The van der Waals surface area contributed by atoms with Crippen molar-refractivity contribution in [3.05, 3.63) is 53.6 Å². The van der Waals surface area contributed by atoms with E-state index >= 15 is 0 Å². The topological polar surface area (TPSA) is 59.2 Å². The second-order valence-corrected chi connectivity index (χ2v) is 4.55. The molecule has 0 atom stereocenters. The maximum Gasteiger partial charge on any atom is 0.261 e. The SMILES string of the molecule is Cc1cc(-c2noc(-c3ccc(O)cc3F)n2)ccc1F. The number of nitrogens with zero attached hydrogens (tertiary/aromatic N) is 2. The average Bonchev–Trinajstić information content (AvgIpc) is 2.91. The highest BCUT2D eigenvalue weighted by atomic mass is 19.1. The van der Waals surface area contributed by atoms with Gasteiger partial charge in [-0.3, -0.25) is 0 Å². The first-order valence-electron chi connectivity index (χ1n) is 6.14. The van der Waals surface area contributed by atoms with Gasteiger partial charge >= 0.3 is 0 Å². The molecule has 6 heteroatoms. The first-order valence-corrected chi connectivity index (χ1v) is 6.14. The van der Waals surface area contributed by atoms with Crippen LogP contribution < -0.4 is 0 Å². The number of rotatable bonds is 2. The average molecular weight is 288 g/mol. The van der Waals surface area contributed by atoms with Gasteiger partial charge < -0.3 is 9.63 Å². The van der Waals surface area contributed by atoms with E-state index in [2.05, 4.69) is 10.1 Å². The van der Waals surface area contributed by atoms with Crippen LogP contribution in [0.1, 0.15) is 5.56 Å². The molecule has 0 amide bonds. The van der Waals surface area contributed by atoms with Gasteiger partial charge in [0, 0.05) is 11.6 Å². The highest BCUT2D eigenvalue weighted by Gasteiger charge is 2.15. The summed E-state index contributed by atoms with van der Waals surface area (Å²) in [6.07, 6.45) is 0. The van der Waals surface area contributed by atoms with Gasteiger partial charge in [-0.15, -0.1) is 0 Å². The predicted molar refractivity (Wildman–Crippen MR) is 71.5 cm³/mol. The maximum absolute atomic E-state index is 13.7. The first-order chi connectivity index (χ1) is 10.0. The summed E-state index contributed by atoms with van der Waals surface area (Å²) in [4.78, 5) is 4.09. The van der Waals surface area contributed by atoms with Crippen LogP contribution in [0.5, 0.6) is 5.75 Å². The third-order valence-electron chi connectivity index (χ3n) is 3.03. The van der Waals surface area contributed by atoms with Gasteiger partial charge in [0.05, 0.1) is 5.56 Å². The van der Waals surface area contributed by atoms with Crippen LogP contribution in [0.4, 0.5) is 8.78 Å². The molecule has 1 heterocycles. The molecule has 1 aromatic heterocycles. The van der Waals surface area contributed by atoms with E-state index in [1.807, 2.05) is 0 Å². The van der Waals surface area contributed by atoms with Crippen LogP contribution in [0.25, 0.3) is 22.8 Å². The minimum absolute atomic E-state index is 0.00974. The Morgan fingerprint density at radius 2 is 1.86 bits per heavy atom. The van der Waals surface area contributed by atoms with Crippen molar-refractivity contribution >= 4 is 0 Å². The van der Waals surface area contributed by atoms with E-state index in [9.17, 15) is 13.9 Å². The van der Waals surface area contributed by atoms with E-state index in [1.165, 1.54) is 24.3 Å². The van der Waals surface area contributed by atoms with E-state index in [0.29, 0.717) is 11.1 Å². The van der Waals surface area contributed by atoms with Crippen molar-refractivity contribution in [1.29, 1.82) is 0 Å². The summed E-state index contributed by atoms with van der Waals surface area (Å²) in [7, 11) is 0. The van der Waals surface area contributed by atoms with Crippen molar-refractivity contribution in [2.24, 2.45) is 0 Å². The number of phenolic OH excluding ortho intramolecular Hbond substituents is 1. The Balaban J connectivity index is 2.01. The molecule has 0 radical (unpaired) electrons. The van der Waals surface area contributed by atoms with Crippen molar-refractivity contribution in [2.45, 2.75) is 6.92 Å². The minimum atomic E-state index is -0.666. The van der Waals surface area contributed by atoms with E-state index in [-0.39, 0.29) is 28.8 Å². The third-order valence-corrected chi connectivity index (χ3v) is 3.03. The van der Waals surface area contributed by atoms with Crippen LogP contribution in [0.2, 0.25) is 0 Å². The monoisotopic (exact) mass is 288 g/mol. The lowest BCUT2D eigenvalue weighted by Gasteiger charge is -1.98. The summed E-state index contributed by atoms with van der Waals surface area (Å²) in [6, 6.07) is 8.03. The lowest BCUT2D eigenvalue weighted by atomic mass is 10.1. The number of aryl methyl sites for hydroxylation is 1. The third kappa shape index (κ3) is 2.47. The van der Waals surface area contributed by atoms with Crippen molar-refractivity contribution in [3.8, 4) is 28.6 Å². The molecule has 0 unspecified atom stereocenters. The normalized spacial score (nSPS) is 10.8. The Labute approximate surface area is 118 Å². The zero-order chi connectivity index (χ0) is 15.0. The number of aromatic hydroxyl groups is 1. The van der Waals surface area contributed by atoms with E-state index in [4.69, 9.17) is 4.52 Å². The smallest absolute Gasteiger partial charge is 0.261 e. The Bertz CT molecular complexity index is 815. The highest BCUT2D eigenvalue weighted by Crippen LogP contribution is 2.27. The fraction of sp³-hybridized carbons (Fsp3) is 0.0667. The molecular weight excluding hydrogens is 278 g/mol. The Morgan fingerprint density at radius 1 is 1.05 bits per heavy atom. The molecule has 0 bridgehead atoms. The van der Waals surface area contributed by atoms with Gasteiger partial charge in [-0.2, -0.15) is 4.98 Å². The number of phenols is 1. The largest absolute Gasteiger partial charge is 0.508 e. The molecule has 21 heavy (non-hydrogen) atoms. The first kappa shape index (κ1) is 13.2. The van der Waals surface area contributed by atoms with Gasteiger partial charge in [0.15, 0.2) is 0 Å². The van der Waals surface area contributed by atoms with E-state index in [0.717, 1.165) is 6.07 Å². The lowest BCUT2D eigenvalue weighted by molar-refractivity contribution is 0.428. The molecule has 0 aliphatic rings. The molecule has 3 aromatic rings. The molecule has 0 aliphatic heterocycles. The molecule has 0 fully saturated rings.